The molecule has 3 N–H and O–H groups in total. The summed E-state index contributed by atoms with van der Waals surface area (Å²) in [5.41, 5.74) is 7.70. The van der Waals surface area contributed by atoms with Crippen LogP contribution >= 0.6 is 0 Å². The van der Waals surface area contributed by atoms with E-state index in [1.54, 1.807) is 6.20 Å². The average Bonchev–Trinajstić information content (AvgIpc) is 2.41. The Kier molecular flexibility index (Phi) is 3.72. The van der Waals surface area contributed by atoms with Gasteiger partial charge in [-0.3, -0.25) is 4.98 Å². The molecule has 0 aliphatic carbocycles. The average molecular weight is 243 g/mol. The van der Waals surface area contributed by atoms with E-state index in [0.717, 1.165) is 29.3 Å². The molecule has 0 fully saturated rings. The lowest BCUT2D eigenvalue weighted by Crippen LogP contribution is -2.09. The monoisotopic (exact) mass is 243 g/mol. The molecule has 0 saturated carbocycles. The lowest BCUT2D eigenvalue weighted by Gasteiger charge is -2.11. The molecule has 0 aromatic carbocycles. The quantitative estimate of drug-likeness (QED) is 0.858. The molecule has 0 aliphatic rings. The topological polar surface area (TPSA) is 76.7 Å². The Morgan fingerprint density at radius 2 is 2.11 bits per heavy atom. The molecule has 0 saturated heterocycles. The van der Waals surface area contributed by atoms with Gasteiger partial charge >= 0.3 is 0 Å². The minimum atomic E-state index is 0.533. The highest BCUT2D eigenvalue weighted by molar-refractivity contribution is 5.54. The van der Waals surface area contributed by atoms with Gasteiger partial charge < -0.3 is 11.1 Å². The number of nitrogens with zero attached hydrogens (tertiary/aromatic N) is 3. The smallest absolute Gasteiger partial charge is 0.135 e. The van der Waals surface area contributed by atoms with Crippen LogP contribution in [0, 0.1) is 6.92 Å². The second-order valence-corrected chi connectivity index (χ2v) is 4.03. The molecule has 0 spiro atoms. The fourth-order valence-electron chi connectivity index (χ4n) is 1.59. The number of rotatable bonds is 4. The molecular formula is C13H17N5. The first-order chi connectivity index (χ1) is 8.70. The number of nitrogens with two attached hydrogens (primary N) is 1. The molecule has 2 heterocycles. The molecule has 5 heteroatoms. The van der Waals surface area contributed by atoms with E-state index in [9.17, 15) is 0 Å². The minimum absolute atomic E-state index is 0.533. The van der Waals surface area contributed by atoms with Gasteiger partial charge in [-0.1, -0.05) is 13.0 Å². The first-order valence-electron chi connectivity index (χ1n) is 5.97. The Bertz CT molecular complexity index is 524. The van der Waals surface area contributed by atoms with Gasteiger partial charge in [0.25, 0.3) is 0 Å². The van der Waals surface area contributed by atoms with Crippen molar-refractivity contribution < 1.29 is 0 Å². The van der Waals surface area contributed by atoms with Crippen LogP contribution in [0.3, 0.4) is 0 Å². The standard InChI is InChI=1S/C13H17N5/c1-3-11-17-12(14)9(2)13(18-11)16-8-10-6-4-5-7-15-10/h4-7H,3,8H2,1-2H3,(H3,14,16,17,18). The van der Waals surface area contributed by atoms with Gasteiger partial charge in [0, 0.05) is 18.2 Å². The predicted octanol–water partition coefficient (Wildman–Crippen LogP) is 1.94. The zero-order chi connectivity index (χ0) is 13.0. The van der Waals surface area contributed by atoms with Gasteiger partial charge in [-0.2, -0.15) is 0 Å². The zero-order valence-corrected chi connectivity index (χ0v) is 10.6. The third kappa shape index (κ3) is 2.74. The molecule has 2 rings (SSSR count). The number of nitrogen functional groups attached to an aromatic ring is 1. The van der Waals surface area contributed by atoms with Gasteiger partial charge in [-0.25, -0.2) is 9.97 Å². The van der Waals surface area contributed by atoms with Crippen LogP contribution in [-0.2, 0) is 13.0 Å². The van der Waals surface area contributed by atoms with E-state index >= 15 is 0 Å². The van der Waals surface area contributed by atoms with E-state index in [-0.39, 0.29) is 0 Å². The summed E-state index contributed by atoms with van der Waals surface area (Å²) in [6.45, 7) is 4.55. The summed E-state index contributed by atoms with van der Waals surface area (Å²) in [6.07, 6.45) is 2.54. The molecule has 0 bridgehead atoms. The third-order valence-corrected chi connectivity index (χ3v) is 2.71. The largest absolute Gasteiger partial charge is 0.383 e. The minimum Gasteiger partial charge on any atom is -0.383 e. The van der Waals surface area contributed by atoms with Gasteiger partial charge in [0.05, 0.1) is 12.2 Å². The number of nitrogens with one attached hydrogen (secondary N) is 1. The van der Waals surface area contributed by atoms with Crippen LogP contribution in [0.15, 0.2) is 24.4 Å². The molecule has 94 valence electrons. The highest BCUT2D eigenvalue weighted by Gasteiger charge is 2.07. The molecule has 2 aromatic heterocycles. The van der Waals surface area contributed by atoms with Crippen molar-refractivity contribution in [2.45, 2.75) is 26.8 Å². The highest BCUT2D eigenvalue weighted by atomic mass is 15.1. The first kappa shape index (κ1) is 12.3. The van der Waals surface area contributed by atoms with Crippen molar-refractivity contribution in [3.63, 3.8) is 0 Å². The normalized spacial score (nSPS) is 10.3. The van der Waals surface area contributed by atoms with E-state index in [1.807, 2.05) is 32.0 Å². The second-order valence-electron chi connectivity index (χ2n) is 4.03. The summed E-state index contributed by atoms with van der Waals surface area (Å²) in [5, 5.41) is 3.25. The van der Waals surface area contributed by atoms with E-state index in [2.05, 4.69) is 20.3 Å². The Labute approximate surface area is 106 Å². The lowest BCUT2D eigenvalue weighted by molar-refractivity contribution is 0.923. The van der Waals surface area contributed by atoms with Crippen LogP contribution in [0.5, 0.6) is 0 Å². The fraction of sp³-hybridized carbons (Fsp3) is 0.308. The van der Waals surface area contributed by atoms with Crippen LogP contribution in [0.4, 0.5) is 11.6 Å². The van der Waals surface area contributed by atoms with Crippen molar-refractivity contribution >= 4 is 11.6 Å². The van der Waals surface area contributed by atoms with Crippen LogP contribution < -0.4 is 11.1 Å². The number of hydrogen-bond acceptors (Lipinski definition) is 5. The number of aromatic nitrogens is 3. The molecule has 0 unspecified atom stereocenters. The maximum Gasteiger partial charge on any atom is 0.135 e. The lowest BCUT2D eigenvalue weighted by atomic mass is 10.3. The molecular weight excluding hydrogens is 226 g/mol. The first-order valence-corrected chi connectivity index (χ1v) is 5.97. The maximum atomic E-state index is 5.86. The van der Waals surface area contributed by atoms with Crippen molar-refractivity contribution in [1.29, 1.82) is 0 Å². The van der Waals surface area contributed by atoms with E-state index in [0.29, 0.717) is 12.4 Å². The van der Waals surface area contributed by atoms with Crippen molar-refractivity contribution in [2.75, 3.05) is 11.1 Å². The fourth-order valence-corrected chi connectivity index (χ4v) is 1.59. The predicted molar refractivity (Wildman–Crippen MR) is 72.1 cm³/mol. The molecule has 5 nitrogen and oxygen atoms in total. The van der Waals surface area contributed by atoms with Crippen LogP contribution in [0.1, 0.15) is 24.0 Å². The number of pyridine rings is 1. The number of aryl methyl sites for hydroxylation is 1. The Morgan fingerprint density at radius 3 is 2.78 bits per heavy atom. The molecule has 2 aromatic rings. The summed E-state index contributed by atoms with van der Waals surface area (Å²) in [6, 6.07) is 5.82. The van der Waals surface area contributed by atoms with Gasteiger partial charge in [0.1, 0.15) is 17.5 Å². The summed E-state index contributed by atoms with van der Waals surface area (Å²) >= 11 is 0. The molecule has 0 radical (unpaired) electrons. The number of anilines is 2. The van der Waals surface area contributed by atoms with Gasteiger partial charge in [-0.15, -0.1) is 0 Å². The van der Waals surface area contributed by atoms with Crippen molar-refractivity contribution in [2.24, 2.45) is 0 Å². The van der Waals surface area contributed by atoms with Gasteiger partial charge in [0.15, 0.2) is 0 Å². The molecule has 18 heavy (non-hydrogen) atoms. The summed E-state index contributed by atoms with van der Waals surface area (Å²) < 4.78 is 0. The van der Waals surface area contributed by atoms with Crippen molar-refractivity contribution in [1.82, 2.24) is 15.0 Å². The summed E-state index contributed by atoms with van der Waals surface area (Å²) in [4.78, 5) is 12.9. The number of hydrogen-bond donors (Lipinski definition) is 2. The Hall–Kier alpha value is -2.17. The van der Waals surface area contributed by atoms with Crippen molar-refractivity contribution in [3.8, 4) is 0 Å². The van der Waals surface area contributed by atoms with Crippen LogP contribution in [0.25, 0.3) is 0 Å². The summed E-state index contributed by atoms with van der Waals surface area (Å²) in [5.74, 6) is 2.07. The molecule has 0 amide bonds. The van der Waals surface area contributed by atoms with E-state index in [4.69, 9.17) is 5.73 Å². The van der Waals surface area contributed by atoms with Gasteiger partial charge in [0.2, 0.25) is 0 Å². The van der Waals surface area contributed by atoms with Crippen LogP contribution in [0.2, 0.25) is 0 Å². The Morgan fingerprint density at radius 1 is 1.28 bits per heavy atom. The SMILES string of the molecule is CCc1nc(N)c(C)c(NCc2ccccn2)n1. The van der Waals surface area contributed by atoms with Crippen LogP contribution in [-0.4, -0.2) is 15.0 Å². The zero-order valence-electron chi connectivity index (χ0n) is 10.6. The second kappa shape index (κ2) is 5.44. The summed E-state index contributed by atoms with van der Waals surface area (Å²) in [7, 11) is 0. The maximum absolute atomic E-state index is 5.86. The van der Waals surface area contributed by atoms with Gasteiger partial charge in [-0.05, 0) is 19.1 Å². The van der Waals surface area contributed by atoms with E-state index < -0.39 is 0 Å². The highest BCUT2D eigenvalue weighted by Crippen LogP contribution is 2.17. The van der Waals surface area contributed by atoms with Crippen molar-refractivity contribution in [3.05, 3.63) is 41.5 Å². The van der Waals surface area contributed by atoms with E-state index in [1.165, 1.54) is 0 Å². The third-order valence-electron chi connectivity index (χ3n) is 2.71. The molecule has 0 aliphatic heterocycles. The Balaban J connectivity index is 2.16. The molecule has 0 atom stereocenters.